The molecule has 156 valence electrons. The van der Waals surface area contributed by atoms with E-state index in [0.29, 0.717) is 18.0 Å². The Kier molecular flexibility index (Phi) is 5.19. The number of ether oxygens (including phenoxy) is 1. The van der Waals surface area contributed by atoms with E-state index in [1.165, 1.54) is 0 Å². The molecule has 3 aromatic rings. The molecule has 0 amide bonds. The molecule has 4 nitrogen and oxygen atoms in total. The number of likely N-dealkylation sites (tertiary alicyclic amines) is 1. The van der Waals surface area contributed by atoms with Crippen molar-refractivity contribution in [3.63, 3.8) is 0 Å². The highest BCUT2D eigenvalue weighted by atomic mass is 35.5. The average molecular weight is 424 g/mol. The molecule has 0 saturated carbocycles. The Labute approximate surface area is 181 Å². The third-order valence-electron chi connectivity index (χ3n) is 6.61. The van der Waals surface area contributed by atoms with Crippen LogP contribution in [0, 0.1) is 0 Å². The second-order valence-corrected chi connectivity index (χ2v) is 9.01. The van der Waals surface area contributed by atoms with Gasteiger partial charge in [0.1, 0.15) is 11.4 Å². The zero-order valence-electron chi connectivity index (χ0n) is 16.8. The number of hydrogen-bond donors (Lipinski definition) is 2. The van der Waals surface area contributed by atoms with Crippen molar-refractivity contribution in [2.24, 2.45) is 0 Å². The van der Waals surface area contributed by atoms with Gasteiger partial charge in [0, 0.05) is 42.0 Å². The summed E-state index contributed by atoms with van der Waals surface area (Å²) in [6.45, 7) is 2.24. The number of piperidine rings is 1. The van der Waals surface area contributed by atoms with E-state index in [1.54, 1.807) is 0 Å². The summed E-state index contributed by atoms with van der Waals surface area (Å²) in [4.78, 5) is 2.28. The Morgan fingerprint density at radius 1 is 1.03 bits per heavy atom. The molecular formula is C25H26ClNO3. The topological polar surface area (TPSA) is 52.9 Å². The lowest BCUT2D eigenvalue weighted by Gasteiger charge is -2.46. The summed E-state index contributed by atoms with van der Waals surface area (Å²) in [6, 6.07) is 19.6. The van der Waals surface area contributed by atoms with Gasteiger partial charge in [-0.3, -0.25) is 0 Å². The zero-order valence-corrected chi connectivity index (χ0v) is 17.6. The lowest BCUT2D eigenvalue weighted by atomic mass is 9.81. The summed E-state index contributed by atoms with van der Waals surface area (Å²) in [6.07, 6.45) is 1.23. The van der Waals surface area contributed by atoms with Crippen LogP contribution in [0.15, 0.2) is 60.7 Å². The molecule has 0 aliphatic carbocycles. The predicted octanol–water partition coefficient (Wildman–Crippen LogP) is 4.88. The first-order valence-corrected chi connectivity index (χ1v) is 11.0. The normalized spacial score (nSPS) is 21.9. The van der Waals surface area contributed by atoms with E-state index < -0.39 is 12.2 Å². The first-order chi connectivity index (χ1) is 14.5. The van der Waals surface area contributed by atoms with Crippen molar-refractivity contribution >= 4 is 22.4 Å². The van der Waals surface area contributed by atoms with Gasteiger partial charge >= 0.3 is 0 Å². The van der Waals surface area contributed by atoms with Crippen molar-refractivity contribution in [2.45, 2.75) is 37.1 Å². The molecule has 1 fully saturated rings. The van der Waals surface area contributed by atoms with Crippen LogP contribution in [-0.2, 0) is 0 Å². The fourth-order valence-electron chi connectivity index (χ4n) is 4.84. The molecular weight excluding hydrogens is 398 g/mol. The van der Waals surface area contributed by atoms with Gasteiger partial charge in [0.25, 0.3) is 0 Å². The summed E-state index contributed by atoms with van der Waals surface area (Å²) in [5, 5.41) is 24.3. The monoisotopic (exact) mass is 423 g/mol. The smallest absolute Gasteiger partial charge is 0.133 e. The molecule has 0 bridgehead atoms. The van der Waals surface area contributed by atoms with Crippen LogP contribution in [0.2, 0.25) is 5.02 Å². The van der Waals surface area contributed by atoms with E-state index in [0.717, 1.165) is 53.6 Å². The van der Waals surface area contributed by atoms with E-state index >= 15 is 0 Å². The average Bonchev–Trinajstić information content (AvgIpc) is 2.76. The lowest BCUT2D eigenvalue weighted by molar-refractivity contribution is -0.0577. The molecule has 1 spiro atoms. The standard InChI is InChI=1S/C25H26ClNO3/c26-19-8-5-18(6-9-19)23(29)16-27-13-11-25(12-14-27)15-22(28)21-10-7-17-3-1-2-4-20(17)24(21)30-25/h1-10,22-23,28-29H,11-16H2/t22-,23+/m1/s1. The number of aliphatic hydroxyl groups is 2. The van der Waals surface area contributed by atoms with Crippen LogP contribution in [0.1, 0.15) is 42.6 Å². The maximum Gasteiger partial charge on any atom is 0.133 e. The van der Waals surface area contributed by atoms with Crippen molar-refractivity contribution < 1.29 is 14.9 Å². The highest BCUT2D eigenvalue weighted by molar-refractivity contribution is 6.30. The van der Waals surface area contributed by atoms with E-state index in [4.69, 9.17) is 16.3 Å². The van der Waals surface area contributed by atoms with Gasteiger partial charge in [-0.25, -0.2) is 0 Å². The number of nitrogens with zero attached hydrogens (tertiary/aromatic N) is 1. The SMILES string of the molecule is O[C@@H]1CC2(CCN(C[C@H](O)c3ccc(Cl)cc3)CC2)Oc2c1ccc1ccccc21. The highest BCUT2D eigenvalue weighted by Gasteiger charge is 2.43. The summed E-state index contributed by atoms with van der Waals surface area (Å²) < 4.78 is 6.63. The van der Waals surface area contributed by atoms with E-state index in [2.05, 4.69) is 23.1 Å². The predicted molar refractivity (Wildman–Crippen MR) is 119 cm³/mol. The van der Waals surface area contributed by atoms with Gasteiger partial charge in [0.2, 0.25) is 0 Å². The van der Waals surface area contributed by atoms with Crippen molar-refractivity contribution in [3.8, 4) is 5.75 Å². The fraction of sp³-hybridized carbons (Fsp3) is 0.360. The molecule has 2 atom stereocenters. The van der Waals surface area contributed by atoms with Crippen LogP contribution in [0.4, 0.5) is 0 Å². The van der Waals surface area contributed by atoms with E-state index in [-0.39, 0.29) is 5.60 Å². The van der Waals surface area contributed by atoms with Crippen molar-refractivity contribution in [1.82, 2.24) is 4.90 Å². The lowest BCUT2D eigenvalue weighted by Crippen LogP contribution is -2.51. The maximum absolute atomic E-state index is 10.9. The number of hydrogen-bond acceptors (Lipinski definition) is 4. The molecule has 5 rings (SSSR count). The van der Waals surface area contributed by atoms with E-state index in [1.807, 2.05) is 42.5 Å². The third kappa shape index (κ3) is 3.69. The highest BCUT2D eigenvalue weighted by Crippen LogP contribution is 2.47. The summed E-state index contributed by atoms with van der Waals surface area (Å²) in [5.74, 6) is 0.835. The van der Waals surface area contributed by atoms with Crippen LogP contribution in [0.5, 0.6) is 5.75 Å². The maximum atomic E-state index is 10.9. The van der Waals surface area contributed by atoms with Crippen LogP contribution in [0.3, 0.4) is 0 Å². The number of halogens is 1. The molecule has 2 aliphatic rings. The second kappa shape index (κ2) is 7.86. The van der Waals surface area contributed by atoms with Gasteiger partial charge < -0.3 is 19.8 Å². The van der Waals surface area contributed by atoms with Gasteiger partial charge in [0.15, 0.2) is 0 Å². The molecule has 5 heteroatoms. The minimum atomic E-state index is -0.543. The Hall–Kier alpha value is -2.11. The summed E-state index contributed by atoms with van der Waals surface area (Å²) in [5.41, 5.74) is 1.42. The number of rotatable bonds is 3. The molecule has 2 aliphatic heterocycles. The zero-order chi connectivity index (χ0) is 20.7. The molecule has 0 unspecified atom stereocenters. The van der Waals surface area contributed by atoms with Crippen molar-refractivity contribution in [1.29, 1.82) is 0 Å². The van der Waals surface area contributed by atoms with E-state index in [9.17, 15) is 10.2 Å². The van der Waals surface area contributed by atoms with Gasteiger partial charge in [-0.05, 0) is 35.9 Å². The Morgan fingerprint density at radius 2 is 1.77 bits per heavy atom. The van der Waals surface area contributed by atoms with Gasteiger partial charge in [-0.15, -0.1) is 0 Å². The fourth-order valence-corrected chi connectivity index (χ4v) is 4.97. The van der Waals surface area contributed by atoms with Crippen LogP contribution >= 0.6 is 11.6 Å². The van der Waals surface area contributed by atoms with Gasteiger partial charge in [-0.2, -0.15) is 0 Å². The number of β-amino-alcohol motifs (C(OH)–C–C–N with tert-alkyl or cyclic N) is 1. The molecule has 0 radical (unpaired) electrons. The number of fused-ring (bicyclic) bond motifs is 3. The number of aliphatic hydroxyl groups excluding tert-OH is 2. The largest absolute Gasteiger partial charge is 0.486 e. The Morgan fingerprint density at radius 3 is 2.53 bits per heavy atom. The third-order valence-corrected chi connectivity index (χ3v) is 6.86. The van der Waals surface area contributed by atoms with Crippen LogP contribution < -0.4 is 4.74 Å². The quantitative estimate of drug-likeness (QED) is 0.630. The summed E-state index contributed by atoms with van der Waals surface area (Å²) >= 11 is 5.95. The molecule has 1 saturated heterocycles. The van der Waals surface area contributed by atoms with Crippen LogP contribution in [-0.4, -0.2) is 40.3 Å². The minimum absolute atomic E-state index is 0.349. The first-order valence-electron chi connectivity index (χ1n) is 10.6. The Bertz CT molecular complexity index is 1040. The van der Waals surface area contributed by atoms with Crippen LogP contribution in [0.25, 0.3) is 10.8 Å². The minimum Gasteiger partial charge on any atom is -0.486 e. The number of benzene rings is 3. The van der Waals surface area contributed by atoms with Gasteiger partial charge in [-0.1, -0.05) is 60.1 Å². The van der Waals surface area contributed by atoms with Crippen molar-refractivity contribution in [2.75, 3.05) is 19.6 Å². The molecule has 2 heterocycles. The summed E-state index contributed by atoms with van der Waals surface area (Å²) in [7, 11) is 0. The van der Waals surface area contributed by atoms with Crippen molar-refractivity contribution in [3.05, 3.63) is 76.8 Å². The van der Waals surface area contributed by atoms with Gasteiger partial charge in [0.05, 0.1) is 12.2 Å². The molecule has 3 aromatic carbocycles. The Balaban J connectivity index is 1.30. The second-order valence-electron chi connectivity index (χ2n) is 8.58. The first kappa shape index (κ1) is 19.8. The molecule has 0 aromatic heterocycles. The molecule has 30 heavy (non-hydrogen) atoms. The molecule has 2 N–H and O–H groups in total.